The van der Waals surface area contributed by atoms with Gasteiger partial charge in [0.25, 0.3) is 0 Å². The van der Waals surface area contributed by atoms with Crippen LogP contribution in [0.5, 0.6) is 0 Å². The van der Waals surface area contributed by atoms with Crippen LogP contribution in [0.15, 0.2) is 12.1 Å². The highest BCUT2D eigenvalue weighted by molar-refractivity contribution is 6.00. The summed E-state index contributed by atoms with van der Waals surface area (Å²) in [6.07, 6.45) is 11.7. The average molecular weight is 525 g/mol. The van der Waals surface area contributed by atoms with Crippen molar-refractivity contribution >= 4 is 17.3 Å². The summed E-state index contributed by atoms with van der Waals surface area (Å²) in [6.45, 7) is 16.9. The fourth-order valence-electron chi connectivity index (χ4n) is 7.27. The molecule has 2 aliphatic carbocycles. The number of carbonyl (C=O) groups excluding carboxylic acids is 3. The summed E-state index contributed by atoms with van der Waals surface area (Å²) in [5.74, 6) is 2.88. The second-order valence-corrected chi connectivity index (χ2v) is 12.7. The highest BCUT2D eigenvalue weighted by Gasteiger charge is 2.34. The maximum Gasteiger partial charge on any atom is 0.163 e. The van der Waals surface area contributed by atoms with Crippen LogP contribution < -0.4 is 0 Å². The molecule has 38 heavy (non-hydrogen) atoms. The largest absolute Gasteiger partial charge is 0.300 e. The number of fused-ring (bicyclic) bond motifs is 1. The molecule has 1 fully saturated rings. The van der Waals surface area contributed by atoms with E-state index in [9.17, 15) is 14.4 Å². The van der Waals surface area contributed by atoms with Crippen LogP contribution in [0.4, 0.5) is 0 Å². The van der Waals surface area contributed by atoms with Crippen LogP contribution in [0.25, 0.3) is 0 Å². The predicted molar refractivity (Wildman–Crippen MR) is 160 cm³/mol. The van der Waals surface area contributed by atoms with Gasteiger partial charge in [-0.15, -0.1) is 0 Å². The Hall–Kier alpha value is -1.77. The zero-order valence-corrected chi connectivity index (χ0v) is 25.8. The van der Waals surface area contributed by atoms with E-state index in [0.717, 1.165) is 49.5 Å². The molecule has 1 aromatic carbocycles. The van der Waals surface area contributed by atoms with E-state index >= 15 is 0 Å². The van der Waals surface area contributed by atoms with E-state index in [0.29, 0.717) is 18.1 Å². The number of hydrogen-bond acceptors (Lipinski definition) is 3. The van der Waals surface area contributed by atoms with E-state index in [4.69, 9.17) is 0 Å². The second kappa shape index (κ2) is 15.7. The van der Waals surface area contributed by atoms with E-state index in [1.807, 2.05) is 0 Å². The van der Waals surface area contributed by atoms with Crippen LogP contribution >= 0.6 is 0 Å². The third-order valence-corrected chi connectivity index (χ3v) is 9.25. The van der Waals surface area contributed by atoms with Crippen LogP contribution in [0.2, 0.25) is 0 Å². The van der Waals surface area contributed by atoms with E-state index in [2.05, 4.69) is 60.6 Å². The number of benzene rings is 1. The highest BCUT2D eigenvalue weighted by Crippen LogP contribution is 2.42. The molecule has 0 spiro atoms. The summed E-state index contributed by atoms with van der Waals surface area (Å²) < 4.78 is 0. The number of hydrogen-bond donors (Lipinski definition) is 0. The quantitative estimate of drug-likeness (QED) is 0.271. The number of rotatable bonds is 11. The number of ketones is 3. The third-order valence-electron chi connectivity index (χ3n) is 9.25. The van der Waals surface area contributed by atoms with Gasteiger partial charge < -0.3 is 0 Å². The van der Waals surface area contributed by atoms with Crippen molar-refractivity contribution in [3.05, 3.63) is 34.4 Å². The van der Waals surface area contributed by atoms with Gasteiger partial charge in [0.15, 0.2) is 5.78 Å². The molecule has 2 aliphatic rings. The van der Waals surface area contributed by atoms with Gasteiger partial charge in [-0.25, -0.2) is 0 Å². The van der Waals surface area contributed by atoms with Crippen molar-refractivity contribution in [1.82, 2.24) is 0 Å². The van der Waals surface area contributed by atoms with Gasteiger partial charge >= 0.3 is 0 Å². The number of Topliss-reactive ketones (excluding diaryl/α,β-unsaturated/α-hetero) is 3. The highest BCUT2D eigenvalue weighted by atomic mass is 16.1. The second-order valence-electron chi connectivity index (χ2n) is 12.7. The molecule has 0 amide bonds. The van der Waals surface area contributed by atoms with Crippen LogP contribution in [-0.4, -0.2) is 17.3 Å². The van der Waals surface area contributed by atoms with E-state index < -0.39 is 0 Å². The van der Waals surface area contributed by atoms with Gasteiger partial charge in [-0.05, 0) is 92.2 Å². The lowest BCUT2D eigenvalue weighted by Gasteiger charge is -2.34. The monoisotopic (exact) mass is 524 g/mol. The molecule has 0 saturated heterocycles. The molecule has 0 radical (unpaired) electrons. The molecule has 0 heterocycles. The van der Waals surface area contributed by atoms with Crippen molar-refractivity contribution in [2.24, 2.45) is 29.6 Å². The molecule has 0 aromatic heterocycles. The summed E-state index contributed by atoms with van der Waals surface area (Å²) >= 11 is 0. The minimum absolute atomic E-state index is 0.0468. The first-order chi connectivity index (χ1) is 18.1. The first kappa shape index (κ1) is 32.4. The molecule has 0 bridgehead atoms. The average Bonchev–Trinajstić information content (AvgIpc) is 2.84. The summed E-state index contributed by atoms with van der Waals surface area (Å²) in [4.78, 5) is 37.9. The SMILES string of the molecule is CCC.CCCC(CC1CC(=O)c2c(ccc(C(C)C3CCC(C)CC3)c2C)C1)C(CC)C(=O)CC(C)=O. The van der Waals surface area contributed by atoms with Crippen molar-refractivity contribution in [2.45, 2.75) is 138 Å². The summed E-state index contributed by atoms with van der Waals surface area (Å²) in [6, 6.07) is 4.54. The normalized spacial score (nSPS) is 23.5. The topological polar surface area (TPSA) is 51.2 Å². The lowest BCUT2D eigenvalue weighted by molar-refractivity contribution is -0.129. The zero-order chi connectivity index (χ0) is 28.4. The number of carbonyl (C=O) groups is 3. The standard InChI is InChI=1S/C32H48O3.C3H8/c1-7-9-26(28(8-2)30(34)16-21(4)33)17-24-18-27-14-15-29(23(6)32(27)31(35)19-24)22(5)25-12-10-20(3)11-13-25;1-3-2/h14-15,20,22,24-26,28H,7-13,16-19H2,1-6H3;3H2,1-2H3. The molecule has 3 rings (SSSR count). The van der Waals surface area contributed by atoms with E-state index in [1.165, 1.54) is 55.7 Å². The molecule has 4 unspecified atom stereocenters. The Morgan fingerprint density at radius 1 is 1.00 bits per heavy atom. The van der Waals surface area contributed by atoms with Gasteiger partial charge in [0.2, 0.25) is 0 Å². The van der Waals surface area contributed by atoms with Crippen molar-refractivity contribution < 1.29 is 14.4 Å². The maximum absolute atomic E-state index is 13.5. The van der Waals surface area contributed by atoms with Crippen LogP contribution in [-0.2, 0) is 16.0 Å². The van der Waals surface area contributed by atoms with Gasteiger partial charge in [0, 0.05) is 17.9 Å². The fraction of sp³-hybridized carbons (Fsp3) is 0.743. The van der Waals surface area contributed by atoms with Crippen molar-refractivity contribution in [3.8, 4) is 0 Å². The Balaban J connectivity index is 0.00000161. The van der Waals surface area contributed by atoms with Gasteiger partial charge in [0.05, 0.1) is 6.42 Å². The molecule has 214 valence electrons. The predicted octanol–water partition coefficient (Wildman–Crippen LogP) is 9.47. The molecule has 0 N–H and O–H groups in total. The van der Waals surface area contributed by atoms with Crippen LogP contribution in [0.1, 0.15) is 152 Å². The van der Waals surface area contributed by atoms with E-state index in [1.54, 1.807) is 0 Å². The molecule has 1 aromatic rings. The lowest BCUT2D eigenvalue weighted by atomic mass is 9.70. The molecular weight excluding hydrogens is 468 g/mol. The Morgan fingerprint density at radius 3 is 2.18 bits per heavy atom. The fourth-order valence-corrected chi connectivity index (χ4v) is 7.27. The minimum Gasteiger partial charge on any atom is -0.300 e. The Morgan fingerprint density at radius 2 is 1.63 bits per heavy atom. The summed E-state index contributed by atoms with van der Waals surface area (Å²) in [5.41, 5.74) is 4.78. The van der Waals surface area contributed by atoms with Crippen molar-refractivity contribution in [3.63, 3.8) is 0 Å². The first-order valence-electron chi connectivity index (χ1n) is 15.7. The molecular formula is C35H56O3. The van der Waals surface area contributed by atoms with Gasteiger partial charge in [-0.2, -0.15) is 0 Å². The van der Waals surface area contributed by atoms with Crippen molar-refractivity contribution in [1.29, 1.82) is 0 Å². The molecule has 3 nitrogen and oxygen atoms in total. The Labute approximate surface area is 233 Å². The van der Waals surface area contributed by atoms with Gasteiger partial charge in [-0.1, -0.05) is 85.8 Å². The van der Waals surface area contributed by atoms with Crippen LogP contribution in [0, 0.1) is 36.5 Å². The zero-order valence-electron chi connectivity index (χ0n) is 25.8. The Bertz CT molecular complexity index is 921. The summed E-state index contributed by atoms with van der Waals surface area (Å²) in [7, 11) is 0. The minimum atomic E-state index is -0.0708. The van der Waals surface area contributed by atoms with Crippen LogP contribution in [0.3, 0.4) is 0 Å². The molecule has 1 saturated carbocycles. The smallest absolute Gasteiger partial charge is 0.163 e. The third kappa shape index (κ3) is 8.62. The summed E-state index contributed by atoms with van der Waals surface area (Å²) in [5, 5.41) is 0. The van der Waals surface area contributed by atoms with Crippen molar-refractivity contribution in [2.75, 3.05) is 0 Å². The van der Waals surface area contributed by atoms with Gasteiger partial charge in [-0.3, -0.25) is 14.4 Å². The van der Waals surface area contributed by atoms with E-state index in [-0.39, 0.29) is 35.7 Å². The first-order valence-corrected chi connectivity index (χ1v) is 15.7. The maximum atomic E-state index is 13.5. The Kier molecular flexibility index (Phi) is 13.4. The molecule has 4 atom stereocenters. The molecule has 3 heteroatoms. The molecule has 0 aliphatic heterocycles. The van der Waals surface area contributed by atoms with Gasteiger partial charge in [0.1, 0.15) is 11.6 Å². The lowest BCUT2D eigenvalue weighted by Crippen LogP contribution is -2.30.